The van der Waals surface area contributed by atoms with Crippen molar-refractivity contribution in [3.05, 3.63) is 82.6 Å². The Bertz CT molecular complexity index is 1400. The van der Waals surface area contributed by atoms with E-state index in [1.54, 1.807) is 23.0 Å². The summed E-state index contributed by atoms with van der Waals surface area (Å²) in [5.41, 5.74) is 4.80. The molecule has 6 rings (SSSR count). The number of hydrogen-bond donors (Lipinski definition) is 1. The quantitative estimate of drug-likeness (QED) is 0.514. The van der Waals surface area contributed by atoms with Crippen LogP contribution in [0.5, 0.6) is 0 Å². The van der Waals surface area contributed by atoms with Crippen LogP contribution in [0.1, 0.15) is 23.2 Å². The first kappa shape index (κ1) is 19.2. The van der Waals surface area contributed by atoms with Gasteiger partial charge >= 0.3 is 0 Å². The normalized spacial score (nSPS) is 19.0. The molecule has 0 bridgehead atoms. The minimum absolute atomic E-state index is 0.304. The van der Waals surface area contributed by atoms with Crippen LogP contribution < -0.4 is 0 Å². The number of rotatable bonds is 3. The SMILES string of the molecule is OC1(C2=Nc3ccc(F)cc3C2)CCc2cc(-c3cc(Cl)ccc3-n3cnnn3)cnc21. The Morgan fingerprint density at radius 2 is 2.00 bits per heavy atom. The fraction of sp³-hybridized carbons (Fsp3) is 0.174. The third-order valence-electron chi connectivity index (χ3n) is 6.11. The number of hydrogen-bond acceptors (Lipinski definition) is 6. The van der Waals surface area contributed by atoms with Crippen LogP contribution in [0.25, 0.3) is 16.8 Å². The number of aromatic nitrogens is 5. The zero-order chi connectivity index (χ0) is 21.9. The standard InChI is InChI=1S/C23H16ClFN6O/c24-16-1-4-20(31-12-27-29-30-31)18(10-16)15-7-13-5-6-23(32,22(13)26-11-15)21-9-14-8-17(25)2-3-19(14)28-21/h1-4,7-8,10-12,32H,5-6,9H2. The maximum atomic E-state index is 13.6. The van der Waals surface area contributed by atoms with Crippen molar-refractivity contribution in [1.82, 2.24) is 25.2 Å². The van der Waals surface area contributed by atoms with Gasteiger partial charge in [-0.15, -0.1) is 5.10 Å². The fourth-order valence-electron chi connectivity index (χ4n) is 4.56. The molecular weight excluding hydrogens is 431 g/mol. The van der Waals surface area contributed by atoms with Crippen LogP contribution in [0.4, 0.5) is 10.1 Å². The Labute approximate surface area is 187 Å². The topological polar surface area (TPSA) is 89.1 Å². The van der Waals surface area contributed by atoms with Crippen LogP contribution >= 0.6 is 11.6 Å². The van der Waals surface area contributed by atoms with Gasteiger partial charge in [0.1, 0.15) is 17.7 Å². The second-order valence-corrected chi connectivity index (χ2v) is 8.45. The van der Waals surface area contributed by atoms with E-state index in [1.807, 2.05) is 18.2 Å². The molecule has 2 aromatic carbocycles. The highest BCUT2D eigenvalue weighted by Crippen LogP contribution is 2.43. The number of halogens is 2. The third kappa shape index (κ3) is 2.95. The van der Waals surface area contributed by atoms with Gasteiger partial charge in [0.05, 0.1) is 22.8 Å². The highest BCUT2D eigenvalue weighted by atomic mass is 35.5. The maximum absolute atomic E-state index is 13.6. The Balaban J connectivity index is 1.40. The minimum atomic E-state index is -1.27. The lowest BCUT2D eigenvalue weighted by molar-refractivity contribution is 0.108. The molecule has 32 heavy (non-hydrogen) atoms. The van der Waals surface area contributed by atoms with Gasteiger partial charge in [0, 0.05) is 28.8 Å². The zero-order valence-electron chi connectivity index (χ0n) is 16.7. The molecule has 158 valence electrons. The Morgan fingerprint density at radius 1 is 1.09 bits per heavy atom. The molecule has 1 atom stereocenters. The third-order valence-corrected chi connectivity index (χ3v) is 6.35. The van der Waals surface area contributed by atoms with Crippen molar-refractivity contribution >= 4 is 23.0 Å². The van der Waals surface area contributed by atoms with E-state index < -0.39 is 5.60 Å². The number of aryl methyl sites for hydroxylation is 1. The van der Waals surface area contributed by atoms with Crippen molar-refractivity contribution in [2.75, 3.05) is 0 Å². The summed E-state index contributed by atoms with van der Waals surface area (Å²) < 4.78 is 15.2. The number of pyridine rings is 1. The summed E-state index contributed by atoms with van der Waals surface area (Å²) in [7, 11) is 0. The van der Waals surface area contributed by atoms with Gasteiger partial charge in [-0.05, 0) is 76.9 Å². The number of aliphatic imine (C=N–C) groups is 1. The average Bonchev–Trinajstić information content (AvgIpc) is 3.53. The first-order valence-corrected chi connectivity index (χ1v) is 10.5. The Hall–Kier alpha value is -3.49. The van der Waals surface area contributed by atoms with Crippen LogP contribution in [-0.4, -0.2) is 36.0 Å². The number of aliphatic hydroxyl groups is 1. The van der Waals surface area contributed by atoms with Crippen LogP contribution in [0.2, 0.25) is 5.02 Å². The molecule has 0 fully saturated rings. The largest absolute Gasteiger partial charge is 0.377 e. The van der Waals surface area contributed by atoms with Crippen LogP contribution in [0.3, 0.4) is 0 Å². The average molecular weight is 447 g/mol. The first-order valence-electron chi connectivity index (χ1n) is 10.1. The van der Waals surface area contributed by atoms with Crippen molar-refractivity contribution in [3.8, 4) is 16.8 Å². The number of tetrazole rings is 1. The maximum Gasteiger partial charge on any atom is 0.145 e. The van der Waals surface area contributed by atoms with E-state index in [1.165, 1.54) is 18.5 Å². The molecule has 2 aromatic heterocycles. The molecule has 0 saturated carbocycles. The van der Waals surface area contributed by atoms with Crippen molar-refractivity contribution < 1.29 is 9.50 Å². The molecule has 1 aliphatic carbocycles. The minimum Gasteiger partial charge on any atom is -0.377 e. The predicted octanol–water partition coefficient (Wildman–Crippen LogP) is 3.98. The molecule has 9 heteroatoms. The van der Waals surface area contributed by atoms with Gasteiger partial charge < -0.3 is 5.11 Å². The van der Waals surface area contributed by atoms with Crippen molar-refractivity contribution in [3.63, 3.8) is 0 Å². The summed E-state index contributed by atoms with van der Waals surface area (Å²) in [6.45, 7) is 0. The van der Waals surface area contributed by atoms with E-state index in [0.717, 1.165) is 27.9 Å². The van der Waals surface area contributed by atoms with Gasteiger partial charge in [0.25, 0.3) is 0 Å². The molecule has 3 heterocycles. The van der Waals surface area contributed by atoms with Gasteiger partial charge in [-0.3, -0.25) is 9.98 Å². The summed E-state index contributed by atoms with van der Waals surface area (Å²) in [5, 5.41) is 23.6. The molecule has 1 aliphatic heterocycles. The Kier molecular flexibility index (Phi) is 4.21. The van der Waals surface area contributed by atoms with E-state index in [-0.39, 0.29) is 5.82 Å². The van der Waals surface area contributed by atoms with E-state index in [4.69, 9.17) is 11.6 Å². The van der Waals surface area contributed by atoms with Gasteiger partial charge in [-0.25, -0.2) is 4.39 Å². The van der Waals surface area contributed by atoms with Crippen molar-refractivity contribution in [2.45, 2.75) is 24.9 Å². The van der Waals surface area contributed by atoms with Crippen LogP contribution in [-0.2, 0) is 18.4 Å². The highest BCUT2D eigenvalue weighted by molar-refractivity contribution is 6.31. The molecule has 0 saturated heterocycles. The number of benzene rings is 2. The van der Waals surface area contributed by atoms with Gasteiger partial charge in [-0.2, -0.15) is 4.68 Å². The van der Waals surface area contributed by atoms with Gasteiger partial charge in [0.2, 0.25) is 0 Å². The zero-order valence-corrected chi connectivity index (χ0v) is 17.5. The highest BCUT2D eigenvalue weighted by Gasteiger charge is 2.44. The van der Waals surface area contributed by atoms with E-state index in [0.29, 0.717) is 41.4 Å². The van der Waals surface area contributed by atoms with E-state index in [2.05, 4.69) is 25.5 Å². The second kappa shape index (κ2) is 7.01. The van der Waals surface area contributed by atoms with Crippen LogP contribution in [0, 0.1) is 5.82 Å². The molecule has 1 unspecified atom stereocenters. The van der Waals surface area contributed by atoms with Gasteiger partial charge in [-0.1, -0.05) is 11.6 Å². The van der Waals surface area contributed by atoms with E-state index >= 15 is 0 Å². The lowest BCUT2D eigenvalue weighted by Gasteiger charge is -2.23. The monoisotopic (exact) mass is 446 g/mol. The summed E-state index contributed by atoms with van der Waals surface area (Å²) in [5.74, 6) is -0.304. The summed E-state index contributed by atoms with van der Waals surface area (Å²) in [6.07, 6.45) is 4.77. The predicted molar refractivity (Wildman–Crippen MR) is 117 cm³/mol. The second-order valence-electron chi connectivity index (χ2n) is 8.02. The summed E-state index contributed by atoms with van der Waals surface area (Å²) >= 11 is 6.27. The first-order chi connectivity index (χ1) is 15.5. The van der Waals surface area contributed by atoms with Gasteiger partial charge in [0.15, 0.2) is 0 Å². The van der Waals surface area contributed by atoms with Crippen molar-refractivity contribution in [1.29, 1.82) is 0 Å². The Morgan fingerprint density at radius 3 is 2.84 bits per heavy atom. The lowest BCUT2D eigenvalue weighted by atomic mass is 9.91. The molecule has 2 aliphatic rings. The molecule has 0 spiro atoms. The molecule has 4 aromatic rings. The van der Waals surface area contributed by atoms with Crippen molar-refractivity contribution in [2.24, 2.45) is 4.99 Å². The van der Waals surface area contributed by atoms with Crippen LogP contribution in [0.15, 0.2) is 60.0 Å². The molecule has 1 N–H and O–H groups in total. The smallest absolute Gasteiger partial charge is 0.145 e. The number of fused-ring (bicyclic) bond motifs is 2. The molecule has 7 nitrogen and oxygen atoms in total. The number of nitrogens with zero attached hydrogens (tertiary/aromatic N) is 6. The molecular formula is C23H16ClFN6O. The molecule has 0 radical (unpaired) electrons. The fourth-order valence-corrected chi connectivity index (χ4v) is 4.73. The molecule has 0 amide bonds. The summed E-state index contributed by atoms with van der Waals surface area (Å²) in [4.78, 5) is 9.26. The lowest BCUT2D eigenvalue weighted by Crippen LogP contribution is -2.34. The van der Waals surface area contributed by atoms with E-state index in [9.17, 15) is 9.50 Å². The summed E-state index contributed by atoms with van der Waals surface area (Å²) in [6, 6.07) is 12.0.